The highest BCUT2D eigenvalue weighted by Crippen LogP contribution is 2.18. The van der Waals surface area contributed by atoms with E-state index in [1.807, 2.05) is 32.1 Å². The van der Waals surface area contributed by atoms with Crippen molar-refractivity contribution in [3.63, 3.8) is 0 Å². The Kier molecular flexibility index (Phi) is 17.4. The maximum Gasteiger partial charge on any atom is 0.0719 e. The molecule has 0 aromatic carbocycles. The predicted octanol–water partition coefficient (Wildman–Crippen LogP) is 7.18. The van der Waals surface area contributed by atoms with Crippen molar-refractivity contribution in [3.05, 3.63) is 78.6 Å². The van der Waals surface area contributed by atoms with Crippen LogP contribution in [-0.4, -0.2) is 12.3 Å². The van der Waals surface area contributed by atoms with Crippen molar-refractivity contribution in [2.24, 2.45) is 4.99 Å². The smallest absolute Gasteiger partial charge is 0.0719 e. The van der Waals surface area contributed by atoms with Gasteiger partial charge in [0.15, 0.2) is 0 Å². The lowest BCUT2D eigenvalue weighted by atomic mass is 9.99. The third-order valence-corrected chi connectivity index (χ3v) is 3.08. The lowest BCUT2D eigenvalue weighted by Crippen LogP contribution is -1.97. The summed E-state index contributed by atoms with van der Waals surface area (Å²) in [6, 6.07) is 0. The molecule has 1 aliphatic rings. The molecule has 1 rings (SSSR count). The molecular formula is C23H35N. The van der Waals surface area contributed by atoms with E-state index in [0.717, 1.165) is 30.7 Å². The highest BCUT2D eigenvalue weighted by molar-refractivity contribution is 6.10. The second-order valence-electron chi connectivity index (χ2n) is 5.09. The van der Waals surface area contributed by atoms with E-state index in [1.54, 1.807) is 0 Å². The molecule has 0 aromatic rings. The summed E-state index contributed by atoms with van der Waals surface area (Å²) in [5.74, 6) is 0. The standard InChI is InChI=1S/C18H23N.C3H8.C2H4/c1-5-16(6-2)18(19-7-3)14-13-15(4)17-11-9-8-10-12-17;1-3-2;1-2/h5-6,8-9,11,14H,1,7,10,12H2,2-4H3;3H2,1-2H3;1-2H2/b16-6+,19-18?;;. The van der Waals surface area contributed by atoms with Crippen molar-refractivity contribution in [3.8, 4) is 0 Å². The monoisotopic (exact) mass is 325 g/mol. The largest absolute Gasteiger partial charge is 0.284 e. The SMILES string of the molecule is C=C.C=C/C(=C\C)C(C=C=C(C)C1=CC=CCC1)=NCC.CCC. The summed E-state index contributed by atoms with van der Waals surface area (Å²) >= 11 is 0. The van der Waals surface area contributed by atoms with Gasteiger partial charge in [0.2, 0.25) is 0 Å². The second-order valence-corrected chi connectivity index (χ2v) is 5.09. The van der Waals surface area contributed by atoms with E-state index in [9.17, 15) is 0 Å². The lowest BCUT2D eigenvalue weighted by Gasteiger charge is -2.07. The summed E-state index contributed by atoms with van der Waals surface area (Å²) in [6.07, 6.45) is 15.8. The first kappa shape index (κ1) is 24.1. The fourth-order valence-corrected chi connectivity index (χ4v) is 1.95. The van der Waals surface area contributed by atoms with Crippen molar-refractivity contribution in [1.29, 1.82) is 0 Å². The van der Waals surface area contributed by atoms with E-state index in [2.05, 4.69) is 69.5 Å². The minimum Gasteiger partial charge on any atom is -0.284 e. The van der Waals surface area contributed by atoms with Crippen molar-refractivity contribution in [2.75, 3.05) is 6.54 Å². The molecule has 1 nitrogen and oxygen atoms in total. The highest BCUT2D eigenvalue weighted by atomic mass is 14.7. The molecule has 0 spiro atoms. The fourth-order valence-electron chi connectivity index (χ4n) is 1.95. The summed E-state index contributed by atoms with van der Waals surface area (Å²) in [5.41, 5.74) is 7.91. The van der Waals surface area contributed by atoms with Gasteiger partial charge in [-0.2, -0.15) is 0 Å². The molecule has 0 fully saturated rings. The van der Waals surface area contributed by atoms with Crippen LogP contribution in [0.2, 0.25) is 0 Å². The molecule has 0 atom stereocenters. The molecule has 0 aliphatic heterocycles. The van der Waals surface area contributed by atoms with Gasteiger partial charge in [-0.05, 0) is 50.3 Å². The Morgan fingerprint density at radius 2 is 1.92 bits per heavy atom. The average Bonchev–Trinajstić information content (AvgIpc) is 2.63. The van der Waals surface area contributed by atoms with Gasteiger partial charge in [-0.25, -0.2) is 0 Å². The van der Waals surface area contributed by atoms with Crippen LogP contribution in [0.5, 0.6) is 0 Å². The van der Waals surface area contributed by atoms with Gasteiger partial charge in [0.25, 0.3) is 0 Å². The molecule has 0 saturated heterocycles. The number of hydrogen-bond acceptors (Lipinski definition) is 1. The van der Waals surface area contributed by atoms with Gasteiger partial charge in [-0.1, -0.05) is 57.2 Å². The number of hydrogen-bond donors (Lipinski definition) is 0. The molecule has 0 heterocycles. The van der Waals surface area contributed by atoms with Crippen molar-refractivity contribution < 1.29 is 0 Å². The van der Waals surface area contributed by atoms with E-state index in [1.165, 1.54) is 17.6 Å². The third-order valence-electron chi connectivity index (χ3n) is 3.08. The average molecular weight is 326 g/mol. The van der Waals surface area contributed by atoms with Crippen LogP contribution < -0.4 is 0 Å². The first-order valence-corrected chi connectivity index (χ1v) is 8.77. The maximum atomic E-state index is 4.50. The summed E-state index contributed by atoms with van der Waals surface area (Å²) in [4.78, 5) is 4.50. The van der Waals surface area contributed by atoms with Crippen LogP contribution in [0.1, 0.15) is 53.9 Å². The van der Waals surface area contributed by atoms with Gasteiger partial charge in [-0.15, -0.1) is 18.9 Å². The summed E-state index contributed by atoms with van der Waals surface area (Å²) in [5, 5.41) is 0. The normalized spacial score (nSPS) is 13.3. The molecule has 0 amide bonds. The second kappa shape index (κ2) is 17.2. The van der Waals surface area contributed by atoms with E-state index in [-0.39, 0.29) is 0 Å². The number of aliphatic imine (C=N–C) groups is 1. The summed E-state index contributed by atoms with van der Waals surface area (Å²) in [6.45, 7) is 21.0. The van der Waals surface area contributed by atoms with Gasteiger partial charge in [0.1, 0.15) is 0 Å². The quantitative estimate of drug-likeness (QED) is 0.220. The first-order chi connectivity index (χ1) is 11.6. The van der Waals surface area contributed by atoms with Crippen LogP contribution in [0.4, 0.5) is 0 Å². The van der Waals surface area contributed by atoms with Gasteiger partial charge in [0.05, 0.1) is 5.71 Å². The Labute approximate surface area is 150 Å². The molecule has 0 unspecified atom stereocenters. The third kappa shape index (κ3) is 10.6. The first-order valence-electron chi connectivity index (χ1n) is 8.77. The lowest BCUT2D eigenvalue weighted by molar-refractivity contribution is 0.969. The van der Waals surface area contributed by atoms with Crippen LogP contribution >= 0.6 is 0 Å². The molecule has 0 aromatic heterocycles. The summed E-state index contributed by atoms with van der Waals surface area (Å²) in [7, 11) is 0. The Morgan fingerprint density at radius 1 is 1.29 bits per heavy atom. The molecule has 1 aliphatic carbocycles. The van der Waals surface area contributed by atoms with E-state index < -0.39 is 0 Å². The minimum absolute atomic E-state index is 0.767. The van der Waals surface area contributed by atoms with Crippen LogP contribution in [0, 0.1) is 0 Å². The van der Waals surface area contributed by atoms with E-state index >= 15 is 0 Å². The molecule has 24 heavy (non-hydrogen) atoms. The summed E-state index contributed by atoms with van der Waals surface area (Å²) < 4.78 is 0. The van der Waals surface area contributed by atoms with Crippen LogP contribution in [-0.2, 0) is 0 Å². The minimum atomic E-state index is 0.767. The number of rotatable bonds is 5. The number of allylic oxidation sites excluding steroid dienone is 8. The zero-order chi connectivity index (χ0) is 18.8. The molecule has 0 radical (unpaired) electrons. The zero-order valence-electron chi connectivity index (χ0n) is 16.4. The predicted molar refractivity (Wildman–Crippen MR) is 113 cm³/mol. The molecular weight excluding hydrogens is 290 g/mol. The molecule has 0 N–H and O–H groups in total. The Balaban J connectivity index is 0. The van der Waals surface area contributed by atoms with Crippen molar-refractivity contribution in [1.82, 2.24) is 0 Å². The molecule has 0 saturated carbocycles. The van der Waals surface area contributed by atoms with Gasteiger partial charge in [0, 0.05) is 12.6 Å². The Hall–Kier alpha value is -2.11. The van der Waals surface area contributed by atoms with Crippen LogP contribution in [0.15, 0.2) is 83.6 Å². The van der Waals surface area contributed by atoms with E-state index in [0.29, 0.717) is 0 Å². The van der Waals surface area contributed by atoms with Crippen LogP contribution in [0.25, 0.3) is 0 Å². The fraction of sp³-hybridized carbons (Fsp3) is 0.391. The molecule has 0 bridgehead atoms. The van der Waals surface area contributed by atoms with Crippen molar-refractivity contribution in [2.45, 2.75) is 53.9 Å². The zero-order valence-corrected chi connectivity index (χ0v) is 16.4. The Bertz CT molecular complexity index is 532. The van der Waals surface area contributed by atoms with Gasteiger partial charge in [-0.3, -0.25) is 4.99 Å². The molecule has 132 valence electrons. The van der Waals surface area contributed by atoms with Gasteiger partial charge < -0.3 is 0 Å². The van der Waals surface area contributed by atoms with E-state index in [4.69, 9.17) is 0 Å². The van der Waals surface area contributed by atoms with Crippen LogP contribution in [0.3, 0.4) is 0 Å². The Morgan fingerprint density at radius 3 is 2.33 bits per heavy atom. The van der Waals surface area contributed by atoms with Crippen molar-refractivity contribution >= 4 is 5.71 Å². The highest BCUT2D eigenvalue weighted by Gasteiger charge is 2.01. The van der Waals surface area contributed by atoms with Gasteiger partial charge >= 0.3 is 0 Å². The maximum absolute atomic E-state index is 4.50. The molecule has 1 heteroatoms. The number of nitrogens with zero attached hydrogens (tertiary/aromatic N) is 1. The topological polar surface area (TPSA) is 12.4 Å².